The van der Waals surface area contributed by atoms with Gasteiger partial charge in [0.15, 0.2) is 17.9 Å². The number of hydrogen-bond acceptors (Lipinski definition) is 6. The molecule has 0 saturated heterocycles. The summed E-state index contributed by atoms with van der Waals surface area (Å²) in [5.74, 6) is 2.62. The van der Waals surface area contributed by atoms with E-state index in [0.717, 1.165) is 16.8 Å². The highest BCUT2D eigenvalue weighted by Crippen LogP contribution is 2.35. The van der Waals surface area contributed by atoms with Crippen molar-refractivity contribution >= 4 is 0 Å². The minimum Gasteiger partial charge on any atom is -0.481 e. The molecule has 0 amide bonds. The van der Waals surface area contributed by atoms with Gasteiger partial charge in [-0.05, 0) is 37.3 Å². The minimum atomic E-state index is -0.861. The zero-order valence-corrected chi connectivity index (χ0v) is 15.3. The van der Waals surface area contributed by atoms with Gasteiger partial charge in [-0.2, -0.15) is 0 Å². The van der Waals surface area contributed by atoms with Crippen molar-refractivity contribution in [3.63, 3.8) is 0 Å². The summed E-state index contributed by atoms with van der Waals surface area (Å²) in [7, 11) is 1.58. The molecule has 3 aromatic rings. The predicted octanol–water partition coefficient (Wildman–Crippen LogP) is 4.25. The van der Waals surface area contributed by atoms with Gasteiger partial charge in [0, 0.05) is 29.3 Å². The molecule has 1 unspecified atom stereocenters. The molecular formula is C20H22N2O4. The molecule has 2 aromatic heterocycles. The lowest BCUT2D eigenvalue weighted by molar-refractivity contribution is -0.000283. The van der Waals surface area contributed by atoms with Gasteiger partial charge in [-0.1, -0.05) is 13.8 Å². The molecule has 1 N–H and O–H groups in total. The number of methoxy groups -OCH3 is 1. The van der Waals surface area contributed by atoms with E-state index in [4.69, 9.17) is 13.9 Å². The average Bonchev–Trinajstić information content (AvgIpc) is 3.07. The molecule has 6 heteroatoms. The number of aliphatic hydroxyl groups is 1. The second-order valence-corrected chi connectivity index (χ2v) is 6.22. The summed E-state index contributed by atoms with van der Waals surface area (Å²) in [5.41, 5.74) is 2.45. The lowest BCUT2D eigenvalue weighted by atomic mass is 10.1. The van der Waals surface area contributed by atoms with Crippen LogP contribution in [0.2, 0.25) is 0 Å². The van der Waals surface area contributed by atoms with Crippen LogP contribution in [0, 0.1) is 0 Å². The van der Waals surface area contributed by atoms with Gasteiger partial charge in [-0.25, -0.2) is 9.97 Å². The van der Waals surface area contributed by atoms with Crippen LogP contribution in [0.15, 0.2) is 47.0 Å². The van der Waals surface area contributed by atoms with Crippen LogP contribution in [0.3, 0.4) is 0 Å². The fourth-order valence-electron chi connectivity index (χ4n) is 2.50. The Balaban J connectivity index is 2.02. The number of ether oxygens (including phenoxy) is 2. The Bertz CT molecular complexity index is 853. The first-order valence-corrected chi connectivity index (χ1v) is 8.44. The minimum absolute atomic E-state index is 0.159. The molecule has 1 atom stereocenters. The zero-order valence-electron chi connectivity index (χ0n) is 15.3. The largest absolute Gasteiger partial charge is 0.481 e. The molecule has 2 heterocycles. The summed E-state index contributed by atoms with van der Waals surface area (Å²) in [5, 5.41) is 9.32. The van der Waals surface area contributed by atoms with Crippen LogP contribution < -0.4 is 9.47 Å². The Morgan fingerprint density at radius 3 is 2.23 bits per heavy atom. The van der Waals surface area contributed by atoms with Crippen LogP contribution in [0.25, 0.3) is 22.6 Å². The lowest BCUT2D eigenvalue weighted by Gasteiger charge is -2.09. The Morgan fingerprint density at radius 1 is 1.00 bits per heavy atom. The Morgan fingerprint density at radius 2 is 1.69 bits per heavy atom. The molecular weight excluding hydrogens is 332 g/mol. The fraction of sp³-hybridized carbons (Fsp3) is 0.300. The van der Waals surface area contributed by atoms with Crippen molar-refractivity contribution in [3.8, 4) is 34.2 Å². The Hall–Kier alpha value is -2.86. The van der Waals surface area contributed by atoms with Gasteiger partial charge in [0.2, 0.25) is 5.88 Å². The van der Waals surface area contributed by atoms with Crippen LogP contribution >= 0.6 is 0 Å². The van der Waals surface area contributed by atoms with E-state index in [2.05, 4.69) is 9.97 Å². The molecule has 136 valence electrons. The number of pyridine rings is 1. The number of aromatic nitrogens is 2. The van der Waals surface area contributed by atoms with Crippen molar-refractivity contribution in [2.45, 2.75) is 33.0 Å². The number of aliphatic hydroxyl groups excluding tert-OH is 1. The van der Waals surface area contributed by atoms with Gasteiger partial charge >= 0.3 is 0 Å². The van der Waals surface area contributed by atoms with Crippen molar-refractivity contribution in [2.75, 3.05) is 7.11 Å². The van der Waals surface area contributed by atoms with Gasteiger partial charge in [0.25, 0.3) is 0 Å². The molecule has 3 rings (SSSR count). The highest BCUT2D eigenvalue weighted by atomic mass is 16.6. The molecule has 6 nitrogen and oxygen atoms in total. The van der Waals surface area contributed by atoms with Crippen LogP contribution in [0.1, 0.15) is 32.6 Å². The Labute approximate surface area is 152 Å². The molecule has 0 fully saturated rings. The van der Waals surface area contributed by atoms with Crippen LogP contribution in [-0.4, -0.2) is 28.5 Å². The summed E-state index contributed by atoms with van der Waals surface area (Å²) in [6.07, 6.45) is 0.856. The summed E-state index contributed by atoms with van der Waals surface area (Å²) in [6, 6.07) is 11.0. The van der Waals surface area contributed by atoms with Crippen molar-refractivity contribution in [1.82, 2.24) is 9.97 Å². The van der Waals surface area contributed by atoms with Crippen LogP contribution in [0.5, 0.6) is 11.6 Å². The first-order chi connectivity index (χ1) is 12.5. The number of nitrogens with zero attached hydrogens (tertiary/aromatic N) is 2. The van der Waals surface area contributed by atoms with Crippen LogP contribution in [-0.2, 0) is 0 Å². The van der Waals surface area contributed by atoms with Gasteiger partial charge in [-0.15, -0.1) is 0 Å². The molecule has 0 saturated carbocycles. The third kappa shape index (κ3) is 3.86. The summed E-state index contributed by atoms with van der Waals surface area (Å²) >= 11 is 0. The van der Waals surface area contributed by atoms with E-state index in [9.17, 15) is 5.11 Å². The monoisotopic (exact) mass is 354 g/mol. The number of benzene rings is 1. The van der Waals surface area contributed by atoms with E-state index in [0.29, 0.717) is 23.3 Å². The molecule has 1 aromatic carbocycles. The molecule has 0 aliphatic carbocycles. The topological polar surface area (TPSA) is 77.6 Å². The van der Waals surface area contributed by atoms with Gasteiger partial charge in [-0.3, -0.25) is 0 Å². The quantitative estimate of drug-likeness (QED) is 0.667. The predicted molar refractivity (Wildman–Crippen MR) is 98.1 cm³/mol. The maximum atomic E-state index is 9.32. The van der Waals surface area contributed by atoms with E-state index >= 15 is 0 Å². The molecule has 0 spiro atoms. The maximum Gasteiger partial charge on any atom is 0.212 e. The molecule has 0 radical (unpaired) electrons. The third-order valence-corrected chi connectivity index (χ3v) is 3.78. The van der Waals surface area contributed by atoms with E-state index in [1.54, 1.807) is 38.4 Å². The highest BCUT2D eigenvalue weighted by Gasteiger charge is 2.19. The molecule has 0 bridgehead atoms. The first-order valence-electron chi connectivity index (χ1n) is 8.44. The maximum absolute atomic E-state index is 9.32. The summed E-state index contributed by atoms with van der Waals surface area (Å²) in [4.78, 5) is 8.92. The molecule has 26 heavy (non-hydrogen) atoms. The number of hydrogen-bond donors (Lipinski definition) is 1. The highest BCUT2D eigenvalue weighted by molar-refractivity contribution is 5.76. The van der Waals surface area contributed by atoms with Crippen molar-refractivity contribution < 1.29 is 19.0 Å². The summed E-state index contributed by atoms with van der Waals surface area (Å²) in [6.45, 7) is 5.63. The van der Waals surface area contributed by atoms with Gasteiger partial charge < -0.3 is 19.0 Å². The summed E-state index contributed by atoms with van der Waals surface area (Å²) < 4.78 is 16.4. The van der Waals surface area contributed by atoms with E-state index in [1.807, 2.05) is 32.0 Å². The molecule has 0 aliphatic rings. The third-order valence-electron chi connectivity index (χ3n) is 3.78. The first kappa shape index (κ1) is 17.9. The van der Waals surface area contributed by atoms with Crippen LogP contribution in [0.4, 0.5) is 0 Å². The normalized spacial score (nSPS) is 12.2. The average molecular weight is 354 g/mol. The van der Waals surface area contributed by atoms with Crippen molar-refractivity contribution in [2.24, 2.45) is 0 Å². The van der Waals surface area contributed by atoms with Crippen molar-refractivity contribution in [3.05, 3.63) is 48.5 Å². The Kier molecular flexibility index (Phi) is 5.23. The van der Waals surface area contributed by atoms with E-state index in [1.165, 1.54) is 0 Å². The van der Waals surface area contributed by atoms with Gasteiger partial charge in [0.05, 0.1) is 7.11 Å². The van der Waals surface area contributed by atoms with E-state index < -0.39 is 6.29 Å². The van der Waals surface area contributed by atoms with Crippen molar-refractivity contribution in [1.29, 1.82) is 0 Å². The zero-order chi connectivity index (χ0) is 18.7. The second-order valence-electron chi connectivity index (χ2n) is 6.22. The molecule has 0 aliphatic heterocycles. The number of oxazole rings is 1. The fourth-order valence-corrected chi connectivity index (χ4v) is 2.50. The van der Waals surface area contributed by atoms with Gasteiger partial charge in [0.1, 0.15) is 11.4 Å². The number of rotatable bonds is 6. The lowest BCUT2D eigenvalue weighted by Crippen LogP contribution is -2.09. The SMILES string of the molecule is COc1ccc(-c2nc(C(C)C)oc2-c2ccc(OC(C)O)cc2)cn1. The smallest absolute Gasteiger partial charge is 0.212 e. The van der Waals surface area contributed by atoms with E-state index in [-0.39, 0.29) is 5.92 Å². The second kappa shape index (κ2) is 7.58. The standard InChI is InChI=1S/C20H22N2O4/c1-12(2)20-22-18(15-7-10-17(24-4)21-11-15)19(26-20)14-5-8-16(9-6-14)25-13(3)23/h5-13,23H,1-4H3.